The van der Waals surface area contributed by atoms with E-state index in [0.29, 0.717) is 41.7 Å². The SMILES string of the molecule is COC(=O)C(Cc1ccc(OCCNC(=O)c2ccc(-c3ccccn3)cc2)cc1)Sc1nc2ccccc2o1. The third-order valence-electron chi connectivity index (χ3n) is 6.09. The van der Waals surface area contributed by atoms with E-state index in [1.54, 1.807) is 18.3 Å². The van der Waals surface area contributed by atoms with Crippen LogP contribution in [0.4, 0.5) is 0 Å². The summed E-state index contributed by atoms with van der Waals surface area (Å²) in [6.07, 6.45) is 2.18. The summed E-state index contributed by atoms with van der Waals surface area (Å²) in [5.41, 5.74) is 4.73. The molecule has 9 heteroatoms. The first-order valence-electron chi connectivity index (χ1n) is 12.7. The third kappa shape index (κ3) is 6.86. The maximum atomic E-state index is 12.5. The number of rotatable bonds is 11. The fourth-order valence-electron chi connectivity index (χ4n) is 4.02. The molecule has 0 radical (unpaired) electrons. The molecule has 0 saturated carbocycles. The monoisotopic (exact) mass is 553 g/mol. The van der Waals surface area contributed by atoms with Crippen LogP contribution >= 0.6 is 11.8 Å². The lowest BCUT2D eigenvalue weighted by Crippen LogP contribution is -2.28. The number of esters is 1. The molecule has 0 aliphatic carbocycles. The van der Waals surface area contributed by atoms with E-state index in [-0.39, 0.29) is 11.9 Å². The van der Waals surface area contributed by atoms with Crippen molar-refractivity contribution < 1.29 is 23.5 Å². The molecule has 202 valence electrons. The zero-order valence-corrected chi connectivity index (χ0v) is 22.6. The number of nitrogens with one attached hydrogen (secondary N) is 1. The van der Waals surface area contributed by atoms with Gasteiger partial charge in [0.1, 0.15) is 23.1 Å². The van der Waals surface area contributed by atoms with E-state index in [1.165, 1.54) is 18.9 Å². The van der Waals surface area contributed by atoms with E-state index < -0.39 is 5.25 Å². The predicted octanol–water partition coefficient (Wildman–Crippen LogP) is 5.58. The molecule has 0 aliphatic rings. The van der Waals surface area contributed by atoms with Gasteiger partial charge in [0.25, 0.3) is 11.1 Å². The van der Waals surface area contributed by atoms with Crippen molar-refractivity contribution >= 4 is 34.7 Å². The van der Waals surface area contributed by atoms with Gasteiger partial charge < -0.3 is 19.2 Å². The maximum Gasteiger partial charge on any atom is 0.319 e. The number of aromatic nitrogens is 2. The van der Waals surface area contributed by atoms with E-state index in [0.717, 1.165) is 22.3 Å². The molecule has 2 heterocycles. The van der Waals surface area contributed by atoms with Crippen molar-refractivity contribution in [1.82, 2.24) is 15.3 Å². The minimum atomic E-state index is -0.516. The number of oxazole rings is 1. The number of para-hydroxylation sites is 2. The van der Waals surface area contributed by atoms with Gasteiger partial charge in [-0.1, -0.05) is 54.2 Å². The second kappa shape index (κ2) is 12.9. The van der Waals surface area contributed by atoms with E-state index in [9.17, 15) is 9.59 Å². The highest BCUT2D eigenvalue weighted by Crippen LogP contribution is 2.29. The molecule has 0 bridgehead atoms. The smallest absolute Gasteiger partial charge is 0.319 e. The number of carbonyl (C=O) groups excluding carboxylic acids is 2. The Hall–Kier alpha value is -4.63. The number of ether oxygens (including phenoxy) is 2. The first kappa shape index (κ1) is 27.0. The predicted molar refractivity (Wildman–Crippen MR) is 153 cm³/mol. The minimum Gasteiger partial charge on any atom is -0.492 e. The van der Waals surface area contributed by atoms with Crippen LogP contribution in [0, 0.1) is 0 Å². The van der Waals surface area contributed by atoms with E-state index >= 15 is 0 Å². The summed E-state index contributed by atoms with van der Waals surface area (Å²) in [7, 11) is 1.37. The first-order chi connectivity index (χ1) is 19.6. The average Bonchev–Trinajstić information content (AvgIpc) is 3.42. The van der Waals surface area contributed by atoms with Gasteiger partial charge in [0.2, 0.25) is 0 Å². The number of pyridine rings is 1. The third-order valence-corrected chi connectivity index (χ3v) is 7.11. The van der Waals surface area contributed by atoms with Gasteiger partial charge >= 0.3 is 5.97 Å². The Morgan fingerprint density at radius 3 is 2.45 bits per heavy atom. The number of nitrogens with zero attached hydrogens (tertiary/aromatic N) is 2. The van der Waals surface area contributed by atoms with Gasteiger partial charge in [0, 0.05) is 17.3 Å². The fourth-order valence-corrected chi connectivity index (χ4v) is 5.03. The average molecular weight is 554 g/mol. The van der Waals surface area contributed by atoms with Gasteiger partial charge in [-0.05, 0) is 60.5 Å². The topological polar surface area (TPSA) is 104 Å². The number of thioether (sulfide) groups is 1. The van der Waals surface area contributed by atoms with Crippen molar-refractivity contribution in [3.05, 3.63) is 108 Å². The van der Waals surface area contributed by atoms with Crippen LogP contribution in [0.1, 0.15) is 15.9 Å². The van der Waals surface area contributed by atoms with Crippen LogP contribution < -0.4 is 10.1 Å². The number of fused-ring (bicyclic) bond motifs is 1. The van der Waals surface area contributed by atoms with Crippen molar-refractivity contribution in [2.24, 2.45) is 0 Å². The molecule has 1 atom stereocenters. The lowest BCUT2D eigenvalue weighted by Gasteiger charge is -2.13. The van der Waals surface area contributed by atoms with Crippen LogP contribution in [0.15, 0.2) is 107 Å². The molecule has 1 amide bonds. The Morgan fingerprint density at radius 2 is 1.73 bits per heavy atom. The van der Waals surface area contributed by atoms with Crippen LogP contribution in [0.2, 0.25) is 0 Å². The Balaban J connectivity index is 1.09. The zero-order chi connectivity index (χ0) is 27.7. The minimum absolute atomic E-state index is 0.170. The van der Waals surface area contributed by atoms with Crippen molar-refractivity contribution in [2.45, 2.75) is 16.9 Å². The molecule has 0 fully saturated rings. The largest absolute Gasteiger partial charge is 0.492 e. The van der Waals surface area contributed by atoms with Gasteiger partial charge in [0.15, 0.2) is 5.58 Å². The molecule has 0 spiro atoms. The number of hydrogen-bond donors (Lipinski definition) is 1. The molecular weight excluding hydrogens is 526 g/mol. The molecular formula is C31H27N3O5S. The van der Waals surface area contributed by atoms with E-state index in [2.05, 4.69) is 15.3 Å². The van der Waals surface area contributed by atoms with Gasteiger partial charge in [-0.3, -0.25) is 14.6 Å². The summed E-state index contributed by atoms with van der Waals surface area (Å²) in [6.45, 7) is 0.670. The van der Waals surface area contributed by atoms with Crippen LogP contribution in [0.3, 0.4) is 0 Å². The lowest BCUT2D eigenvalue weighted by molar-refractivity contribution is -0.139. The number of amides is 1. The molecule has 0 aliphatic heterocycles. The highest BCUT2D eigenvalue weighted by atomic mass is 32.2. The lowest BCUT2D eigenvalue weighted by atomic mass is 10.1. The summed E-state index contributed by atoms with van der Waals surface area (Å²) in [6, 6.07) is 28.0. The summed E-state index contributed by atoms with van der Waals surface area (Å²) >= 11 is 1.24. The van der Waals surface area contributed by atoms with Crippen LogP contribution in [-0.4, -0.2) is 47.4 Å². The van der Waals surface area contributed by atoms with Gasteiger partial charge in [-0.2, -0.15) is 0 Å². The molecule has 40 heavy (non-hydrogen) atoms. The number of carbonyl (C=O) groups is 2. The normalized spacial score (nSPS) is 11.6. The Morgan fingerprint density at radius 1 is 0.950 bits per heavy atom. The first-order valence-corrected chi connectivity index (χ1v) is 13.6. The molecule has 5 rings (SSSR count). The quantitative estimate of drug-likeness (QED) is 0.129. The van der Waals surface area contributed by atoms with Gasteiger partial charge in [-0.25, -0.2) is 4.98 Å². The molecule has 5 aromatic rings. The number of methoxy groups -OCH3 is 1. The molecule has 3 aromatic carbocycles. The second-order valence-corrected chi connectivity index (χ2v) is 9.98. The van der Waals surface area contributed by atoms with Crippen molar-refractivity contribution in [3.63, 3.8) is 0 Å². The molecule has 1 unspecified atom stereocenters. The van der Waals surface area contributed by atoms with Crippen molar-refractivity contribution in [3.8, 4) is 17.0 Å². The molecule has 8 nitrogen and oxygen atoms in total. The Bertz CT molecular complexity index is 1540. The van der Waals surface area contributed by atoms with Crippen LogP contribution in [0.25, 0.3) is 22.4 Å². The second-order valence-electron chi connectivity index (χ2n) is 8.82. The van der Waals surface area contributed by atoms with Crippen LogP contribution in [0.5, 0.6) is 5.75 Å². The van der Waals surface area contributed by atoms with Gasteiger partial charge in [0.05, 0.1) is 19.3 Å². The molecule has 2 aromatic heterocycles. The standard InChI is InChI=1S/C31H27N3O5S/c1-37-30(36)28(40-31-34-26-7-2-3-8-27(26)39-31)20-21-9-15-24(16-10-21)38-19-18-33-29(35)23-13-11-22(12-14-23)25-6-4-5-17-32-25/h2-17,28H,18-20H2,1H3,(H,33,35). The highest BCUT2D eigenvalue weighted by Gasteiger charge is 2.24. The summed E-state index contributed by atoms with van der Waals surface area (Å²) in [4.78, 5) is 33.7. The summed E-state index contributed by atoms with van der Waals surface area (Å²) in [5, 5.41) is 2.77. The summed E-state index contributed by atoms with van der Waals surface area (Å²) < 4.78 is 16.6. The fraction of sp³-hybridized carbons (Fsp3) is 0.161. The van der Waals surface area contributed by atoms with E-state index in [1.807, 2.05) is 78.9 Å². The Kier molecular flexibility index (Phi) is 8.73. The Labute approximate surface area is 235 Å². The maximum absolute atomic E-state index is 12.5. The van der Waals surface area contributed by atoms with Crippen molar-refractivity contribution in [1.29, 1.82) is 0 Å². The number of hydrogen-bond acceptors (Lipinski definition) is 8. The van der Waals surface area contributed by atoms with Crippen LogP contribution in [-0.2, 0) is 16.0 Å². The molecule has 1 N–H and O–H groups in total. The molecule has 0 saturated heterocycles. The van der Waals surface area contributed by atoms with Gasteiger partial charge in [-0.15, -0.1) is 0 Å². The van der Waals surface area contributed by atoms with Crippen molar-refractivity contribution in [2.75, 3.05) is 20.3 Å². The zero-order valence-electron chi connectivity index (χ0n) is 21.8. The van der Waals surface area contributed by atoms with E-state index in [4.69, 9.17) is 13.9 Å². The highest BCUT2D eigenvalue weighted by molar-refractivity contribution is 8.00. The summed E-state index contributed by atoms with van der Waals surface area (Å²) in [5.74, 6) is 0.144. The number of benzene rings is 3.